The Morgan fingerprint density at radius 3 is 2.58 bits per heavy atom. The third kappa shape index (κ3) is 1.40. The van der Waals surface area contributed by atoms with Crippen molar-refractivity contribution in [2.75, 3.05) is 5.73 Å². The highest BCUT2D eigenvalue weighted by molar-refractivity contribution is 6.43. The predicted molar refractivity (Wildman–Crippen MR) is 48.6 cm³/mol. The zero-order valence-corrected chi connectivity index (χ0v) is 7.85. The maximum absolute atomic E-state index is 11.2. The molecule has 0 atom stereocenters. The van der Waals surface area contributed by atoms with E-state index in [1.54, 1.807) is 6.92 Å². The summed E-state index contributed by atoms with van der Waals surface area (Å²) < 4.78 is 1.16. The Labute approximate surface area is 78.9 Å². The first kappa shape index (κ1) is 9.35. The van der Waals surface area contributed by atoms with Crippen molar-refractivity contribution in [1.29, 1.82) is 0 Å². The van der Waals surface area contributed by atoms with Crippen LogP contribution in [0, 0.1) is 0 Å². The first-order valence-corrected chi connectivity index (χ1v) is 4.05. The number of hydrogen-bond acceptors (Lipinski definition) is 3. The van der Waals surface area contributed by atoms with E-state index in [0.717, 1.165) is 4.68 Å². The van der Waals surface area contributed by atoms with Gasteiger partial charge in [-0.3, -0.25) is 4.79 Å². The van der Waals surface area contributed by atoms with E-state index >= 15 is 0 Å². The van der Waals surface area contributed by atoms with Gasteiger partial charge in [0.1, 0.15) is 10.0 Å². The minimum absolute atomic E-state index is 0.0198. The van der Waals surface area contributed by atoms with E-state index in [2.05, 4.69) is 5.10 Å². The van der Waals surface area contributed by atoms with Gasteiger partial charge in [-0.2, -0.15) is 5.10 Å². The molecule has 1 rings (SSSR count). The fraction of sp³-hybridized carbons (Fsp3) is 0.333. The molecule has 0 bridgehead atoms. The molecule has 1 aromatic rings. The normalized spacial score (nSPS) is 10.2. The van der Waals surface area contributed by atoms with Crippen molar-refractivity contribution in [3.8, 4) is 0 Å². The summed E-state index contributed by atoms with van der Waals surface area (Å²) in [4.78, 5) is 11.2. The largest absolute Gasteiger partial charge is 0.381 e. The molecule has 6 heteroatoms. The van der Waals surface area contributed by atoms with Crippen LogP contribution in [-0.2, 0) is 6.54 Å². The van der Waals surface area contributed by atoms with Gasteiger partial charge in [-0.05, 0) is 6.92 Å². The van der Waals surface area contributed by atoms with Crippen LogP contribution in [0.1, 0.15) is 6.92 Å². The van der Waals surface area contributed by atoms with Gasteiger partial charge in [-0.15, -0.1) is 0 Å². The number of halogens is 2. The topological polar surface area (TPSA) is 60.9 Å². The Balaban J connectivity index is 3.50. The van der Waals surface area contributed by atoms with E-state index in [-0.39, 0.29) is 15.9 Å². The number of hydrogen-bond donors (Lipinski definition) is 1. The lowest BCUT2D eigenvalue weighted by Gasteiger charge is -2.04. The highest BCUT2D eigenvalue weighted by Gasteiger charge is 2.10. The van der Waals surface area contributed by atoms with Crippen molar-refractivity contribution in [3.63, 3.8) is 0 Å². The van der Waals surface area contributed by atoms with Gasteiger partial charge in [0, 0.05) is 6.54 Å². The van der Waals surface area contributed by atoms with Crippen LogP contribution >= 0.6 is 23.2 Å². The summed E-state index contributed by atoms with van der Waals surface area (Å²) in [5.74, 6) is 0.0723. The van der Waals surface area contributed by atoms with Gasteiger partial charge < -0.3 is 5.73 Å². The first-order chi connectivity index (χ1) is 5.57. The second kappa shape index (κ2) is 3.33. The Hall–Kier alpha value is -0.740. The van der Waals surface area contributed by atoms with Crippen LogP contribution in [0.2, 0.25) is 10.0 Å². The Morgan fingerprint density at radius 2 is 2.08 bits per heavy atom. The molecule has 2 N–H and O–H groups in total. The van der Waals surface area contributed by atoms with Crippen LogP contribution < -0.4 is 11.3 Å². The summed E-state index contributed by atoms with van der Waals surface area (Å²) in [7, 11) is 0. The van der Waals surface area contributed by atoms with Crippen molar-refractivity contribution < 1.29 is 0 Å². The number of nitrogen functional groups attached to an aromatic ring is 1. The molecule has 66 valence electrons. The minimum atomic E-state index is -0.418. The number of nitrogens with zero attached hydrogens (tertiary/aromatic N) is 2. The molecular weight excluding hydrogens is 201 g/mol. The second-order valence-electron chi connectivity index (χ2n) is 2.13. The maximum Gasteiger partial charge on any atom is 0.287 e. The molecule has 0 aromatic carbocycles. The third-order valence-electron chi connectivity index (χ3n) is 1.37. The van der Waals surface area contributed by atoms with Crippen molar-refractivity contribution in [2.24, 2.45) is 0 Å². The van der Waals surface area contributed by atoms with Crippen molar-refractivity contribution in [3.05, 3.63) is 20.4 Å². The van der Waals surface area contributed by atoms with Gasteiger partial charge in [-0.1, -0.05) is 23.2 Å². The molecule has 0 unspecified atom stereocenters. The summed E-state index contributed by atoms with van der Waals surface area (Å²) in [6.07, 6.45) is 0. The summed E-state index contributed by atoms with van der Waals surface area (Å²) in [6.45, 7) is 2.18. The fourth-order valence-electron chi connectivity index (χ4n) is 0.753. The lowest BCUT2D eigenvalue weighted by Crippen LogP contribution is -2.23. The second-order valence-corrected chi connectivity index (χ2v) is 2.89. The van der Waals surface area contributed by atoms with Gasteiger partial charge in [-0.25, -0.2) is 4.68 Å². The smallest absolute Gasteiger partial charge is 0.287 e. The predicted octanol–water partition coefficient (Wildman–Crippen LogP) is 1.15. The Morgan fingerprint density at radius 1 is 1.50 bits per heavy atom. The van der Waals surface area contributed by atoms with E-state index in [1.165, 1.54) is 0 Å². The minimum Gasteiger partial charge on any atom is -0.381 e. The molecule has 0 aliphatic heterocycles. The number of rotatable bonds is 1. The standard InChI is InChI=1S/C6H7Cl2N3O/c1-2-11-6(12)4(8)3(7)5(9)10-11/h2H2,1H3,(H2,9,10). The summed E-state index contributed by atoms with van der Waals surface area (Å²) >= 11 is 11.2. The van der Waals surface area contributed by atoms with Crippen LogP contribution in [0.15, 0.2) is 4.79 Å². The molecule has 1 aromatic heterocycles. The molecule has 1 heterocycles. The number of nitrogens with two attached hydrogens (primary N) is 1. The molecule has 12 heavy (non-hydrogen) atoms. The molecule has 0 aliphatic carbocycles. The monoisotopic (exact) mass is 207 g/mol. The average molecular weight is 208 g/mol. The molecule has 0 amide bonds. The van der Waals surface area contributed by atoms with E-state index in [1.807, 2.05) is 0 Å². The van der Waals surface area contributed by atoms with Crippen molar-refractivity contribution in [2.45, 2.75) is 13.5 Å². The highest BCUT2D eigenvalue weighted by Crippen LogP contribution is 2.21. The Bertz CT molecular complexity index is 361. The molecule has 0 saturated carbocycles. The van der Waals surface area contributed by atoms with Crippen LogP contribution in [0.5, 0.6) is 0 Å². The van der Waals surface area contributed by atoms with Crippen LogP contribution in [-0.4, -0.2) is 9.78 Å². The SMILES string of the molecule is CCn1nc(N)c(Cl)c(Cl)c1=O. The molecule has 4 nitrogen and oxygen atoms in total. The average Bonchev–Trinajstić information content (AvgIpc) is 2.08. The van der Waals surface area contributed by atoms with Gasteiger partial charge in [0.15, 0.2) is 5.82 Å². The molecule has 0 spiro atoms. The lowest BCUT2D eigenvalue weighted by atomic mass is 10.5. The Kier molecular flexibility index (Phi) is 2.59. The van der Waals surface area contributed by atoms with Crippen molar-refractivity contribution in [1.82, 2.24) is 9.78 Å². The maximum atomic E-state index is 11.2. The summed E-state index contributed by atoms with van der Waals surface area (Å²) in [5.41, 5.74) is 4.96. The van der Waals surface area contributed by atoms with E-state index in [0.29, 0.717) is 6.54 Å². The summed E-state index contributed by atoms with van der Waals surface area (Å²) in [5, 5.41) is 3.66. The first-order valence-electron chi connectivity index (χ1n) is 3.29. The zero-order valence-electron chi connectivity index (χ0n) is 6.34. The quantitative estimate of drug-likeness (QED) is 0.752. The molecule has 0 fully saturated rings. The lowest BCUT2D eigenvalue weighted by molar-refractivity contribution is 0.620. The van der Waals surface area contributed by atoms with Gasteiger partial charge in [0.05, 0.1) is 0 Å². The number of aromatic nitrogens is 2. The highest BCUT2D eigenvalue weighted by atomic mass is 35.5. The molecule has 0 radical (unpaired) electrons. The van der Waals surface area contributed by atoms with E-state index < -0.39 is 5.56 Å². The van der Waals surface area contributed by atoms with Crippen molar-refractivity contribution >= 4 is 29.0 Å². The fourth-order valence-corrected chi connectivity index (χ4v) is 1.07. The number of anilines is 1. The van der Waals surface area contributed by atoms with Crippen LogP contribution in [0.3, 0.4) is 0 Å². The summed E-state index contributed by atoms with van der Waals surface area (Å²) in [6, 6.07) is 0. The van der Waals surface area contributed by atoms with Crippen LogP contribution in [0.4, 0.5) is 5.82 Å². The van der Waals surface area contributed by atoms with E-state index in [9.17, 15) is 4.79 Å². The number of aryl methyl sites for hydroxylation is 1. The van der Waals surface area contributed by atoms with Gasteiger partial charge in [0.2, 0.25) is 0 Å². The van der Waals surface area contributed by atoms with Gasteiger partial charge >= 0.3 is 0 Å². The van der Waals surface area contributed by atoms with Crippen LogP contribution in [0.25, 0.3) is 0 Å². The third-order valence-corrected chi connectivity index (χ3v) is 2.20. The molecule has 0 aliphatic rings. The molecular formula is C6H7Cl2N3O. The molecule has 0 saturated heterocycles. The van der Waals surface area contributed by atoms with E-state index in [4.69, 9.17) is 28.9 Å². The van der Waals surface area contributed by atoms with Gasteiger partial charge in [0.25, 0.3) is 5.56 Å². The zero-order chi connectivity index (χ0) is 9.30.